The topological polar surface area (TPSA) is 42.4 Å². The van der Waals surface area contributed by atoms with Gasteiger partial charge in [-0.05, 0) is 37.8 Å². The third kappa shape index (κ3) is 2.23. The highest BCUT2D eigenvalue weighted by Gasteiger charge is 2.16. The minimum absolute atomic E-state index is 0.0102. The smallest absolute Gasteiger partial charge is 0.138 e. The van der Waals surface area contributed by atoms with E-state index in [9.17, 15) is 0 Å². The average Bonchev–Trinajstić information content (AvgIpc) is 2.72. The van der Waals surface area contributed by atoms with E-state index in [2.05, 4.69) is 4.98 Å². The summed E-state index contributed by atoms with van der Waals surface area (Å²) in [5.74, 6) is 0.814. The summed E-state index contributed by atoms with van der Waals surface area (Å²) in [4.78, 5) is 4.06. The maximum Gasteiger partial charge on any atom is 0.138 e. The molecule has 1 N–H and O–H groups in total. The molecular formula is C11H15NO2. The van der Waals surface area contributed by atoms with Crippen LogP contribution in [0, 0.1) is 0 Å². The Morgan fingerprint density at radius 1 is 1.36 bits per heavy atom. The molecule has 76 valence electrons. The summed E-state index contributed by atoms with van der Waals surface area (Å²) in [6, 6.07) is 3.67. The molecule has 0 radical (unpaired) electrons. The summed E-state index contributed by atoms with van der Waals surface area (Å²) < 4.78 is 5.73. The Balaban J connectivity index is 1.95. The van der Waals surface area contributed by atoms with Crippen LogP contribution in [0.2, 0.25) is 0 Å². The molecule has 1 saturated carbocycles. The van der Waals surface area contributed by atoms with Crippen LogP contribution in [0.1, 0.15) is 31.4 Å². The monoisotopic (exact) mass is 193 g/mol. The second-order valence-electron chi connectivity index (χ2n) is 3.67. The van der Waals surface area contributed by atoms with Gasteiger partial charge in [0.25, 0.3) is 0 Å². The maximum atomic E-state index is 8.81. The van der Waals surface area contributed by atoms with Crippen LogP contribution in [0.5, 0.6) is 5.75 Å². The fourth-order valence-corrected chi connectivity index (χ4v) is 1.77. The Morgan fingerprint density at radius 2 is 2.14 bits per heavy atom. The minimum Gasteiger partial charge on any atom is -0.489 e. The molecule has 1 aromatic rings. The summed E-state index contributed by atoms with van der Waals surface area (Å²) in [5, 5.41) is 8.81. The van der Waals surface area contributed by atoms with E-state index in [1.54, 1.807) is 12.3 Å². The Hall–Kier alpha value is -1.09. The molecule has 3 nitrogen and oxygen atoms in total. The summed E-state index contributed by atoms with van der Waals surface area (Å²) in [7, 11) is 0. The lowest BCUT2D eigenvalue weighted by molar-refractivity contribution is 0.208. The van der Waals surface area contributed by atoms with Crippen molar-refractivity contribution in [1.82, 2.24) is 4.98 Å². The van der Waals surface area contributed by atoms with Crippen molar-refractivity contribution in [2.45, 2.75) is 38.4 Å². The number of nitrogens with zero attached hydrogens (tertiary/aromatic N) is 1. The summed E-state index contributed by atoms with van der Waals surface area (Å²) >= 11 is 0. The summed E-state index contributed by atoms with van der Waals surface area (Å²) in [6.45, 7) is -0.0102. The van der Waals surface area contributed by atoms with Gasteiger partial charge in [0.05, 0.1) is 24.6 Å². The van der Waals surface area contributed by atoms with Crippen LogP contribution >= 0.6 is 0 Å². The molecule has 1 fully saturated rings. The van der Waals surface area contributed by atoms with Crippen molar-refractivity contribution < 1.29 is 9.84 Å². The maximum absolute atomic E-state index is 8.81. The molecule has 0 aromatic carbocycles. The van der Waals surface area contributed by atoms with Gasteiger partial charge in [-0.1, -0.05) is 0 Å². The number of aromatic nitrogens is 1. The van der Waals surface area contributed by atoms with E-state index in [1.807, 2.05) is 6.07 Å². The molecule has 1 aliphatic rings. The SMILES string of the molecule is OCc1ccc(OC2CCCC2)cn1. The molecule has 0 spiro atoms. The van der Waals surface area contributed by atoms with Crippen LogP contribution in [-0.2, 0) is 6.61 Å². The standard InChI is InChI=1S/C11H15NO2/c13-8-9-5-6-11(7-12-9)14-10-3-1-2-4-10/h5-7,10,13H,1-4,8H2. The number of pyridine rings is 1. The normalized spacial score (nSPS) is 17.2. The third-order valence-electron chi connectivity index (χ3n) is 2.56. The van der Waals surface area contributed by atoms with Crippen molar-refractivity contribution in [3.8, 4) is 5.75 Å². The Labute approximate surface area is 83.7 Å². The lowest BCUT2D eigenvalue weighted by Crippen LogP contribution is -2.10. The van der Waals surface area contributed by atoms with Gasteiger partial charge in [-0.2, -0.15) is 0 Å². The van der Waals surface area contributed by atoms with Crippen LogP contribution < -0.4 is 4.74 Å². The van der Waals surface area contributed by atoms with E-state index in [0.29, 0.717) is 11.8 Å². The van der Waals surface area contributed by atoms with E-state index in [0.717, 1.165) is 18.6 Å². The van der Waals surface area contributed by atoms with Gasteiger partial charge >= 0.3 is 0 Å². The van der Waals surface area contributed by atoms with Crippen molar-refractivity contribution in [1.29, 1.82) is 0 Å². The molecule has 2 rings (SSSR count). The Morgan fingerprint density at radius 3 is 2.71 bits per heavy atom. The first-order valence-electron chi connectivity index (χ1n) is 5.11. The predicted molar refractivity (Wildman–Crippen MR) is 53.0 cm³/mol. The van der Waals surface area contributed by atoms with Crippen molar-refractivity contribution in [2.75, 3.05) is 0 Å². The van der Waals surface area contributed by atoms with Gasteiger partial charge in [-0.25, -0.2) is 0 Å². The zero-order valence-electron chi connectivity index (χ0n) is 8.15. The molecule has 0 aliphatic heterocycles. The number of hydrogen-bond acceptors (Lipinski definition) is 3. The van der Waals surface area contributed by atoms with Gasteiger partial charge in [-0.15, -0.1) is 0 Å². The van der Waals surface area contributed by atoms with Crippen molar-refractivity contribution in [3.05, 3.63) is 24.0 Å². The lowest BCUT2D eigenvalue weighted by atomic mass is 10.3. The van der Waals surface area contributed by atoms with E-state index in [1.165, 1.54) is 12.8 Å². The highest BCUT2D eigenvalue weighted by molar-refractivity contribution is 5.19. The van der Waals surface area contributed by atoms with Crippen molar-refractivity contribution in [3.63, 3.8) is 0 Å². The molecule has 0 atom stereocenters. The largest absolute Gasteiger partial charge is 0.489 e. The van der Waals surface area contributed by atoms with Crippen molar-refractivity contribution in [2.24, 2.45) is 0 Å². The third-order valence-corrected chi connectivity index (χ3v) is 2.56. The molecular weight excluding hydrogens is 178 g/mol. The van der Waals surface area contributed by atoms with E-state index < -0.39 is 0 Å². The van der Waals surface area contributed by atoms with E-state index in [-0.39, 0.29) is 6.61 Å². The van der Waals surface area contributed by atoms with Crippen LogP contribution in [0.3, 0.4) is 0 Å². The second-order valence-corrected chi connectivity index (χ2v) is 3.67. The molecule has 1 aliphatic carbocycles. The highest BCUT2D eigenvalue weighted by Crippen LogP contribution is 2.23. The van der Waals surface area contributed by atoms with E-state index >= 15 is 0 Å². The molecule has 0 saturated heterocycles. The molecule has 0 amide bonds. The lowest BCUT2D eigenvalue weighted by Gasteiger charge is -2.12. The molecule has 1 aromatic heterocycles. The van der Waals surface area contributed by atoms with Crippen LogP contribution in [0.25, 0.3) is 0 Å². The molecule has 3 heteroatoms. The van der Waals surface area contributed by atoms with Gasteiger partial charge in [0.1, 0.15) is 5.75 Å². The van der Waals surface area contributed by atoms with Crippen LogP contribution in [0.4, 0.5) is 0 Å². The average molecular weight is 193 g/mol. The Kier molecular flexibility index (Phi) is 2.99. The summed E-state index contributed by atoms with van der Waals surface area (Å²) in [6.07, 6.45) is 6.91. The summed E-state index contributed by atoms with van der Waals surface area (Å²) in [5.41, 5.74) is 0.684. The zero-order chi connectivity index (χ0) is 9.80. The molecule has 0 bridgehead atoms. The first-order valence-corrected chi connectivity index (χ1v) is 5.11. The van der Waals surface area contributed by atoms with E-state index in [4.69, 9.17) is 9.84 Å². The van der Waals surface area contributed by atoms with Gasteiger partial charge in [0.15, 0.2) is 0 Å². The predicted octanol–water partition coefficient (Wildman–Crippen LogP) is 1.90. The fourth-order valence-electron chi connectivity index (χ4n) is 1.77. The molecule has 0 unspecified atom stereocenters. The molecule has 1 heterocycles. The van der Waals surface area contributed by atoms with Gasteiger partial charge in [0, 0.05) is 0 Å². The fraction of sp³-hybridized carbons (Fsp3) is 0.545. The quantitative estimate of drug-likeness (QED) is 0.797. The number of aliphatic hydroxyl groups excluding tert-OH is 1. The van der Waals surface area contributed by atoms with Gasteiger partial charge in [-0.3, -0.25) is 4.98 Å². The van der Waals surface area contributed by atoms with Crippen LogP contribution in [0.15, 0.2) is 18.3 Å². The number of ether oxygens (including phenoxy) is 1. The first kappa shape index (κ1) is 9.46. The van der Waals surface area contributed by atoms with Gasteiger partial charge in [0.2, 0.25) is 0 Å². The highest BCUT2D eigenvalue weighted by atomic mass is 16.5. The van der Waals surface area contributed by atoms with Crippen LogP contribution in [-0.4, -0.2) is 16.2 Å². The minimum atomic E-state index is -0.0102. The van der Waals surface area contributed by atoms with Crippen molar-refractivity contribution >= 4 is 0 Å². The molecule has 14 heavy (non-hydrogen) atoms. The zero-order valence-corrected chi connectivity index (χ0v) is 8.15. The number of rotatable bonds is 3. The van der Waals surface area contributed by atoms with Gasteiger partial charge < -0.3 is 9.84 Å². The number of aliphatic hydroxyl groups is 1. The first-order chi connectivity index (χ1) is 6.88. The Bertz CT molecular complexity index is 278. The second kappa shape index (κ2) is 4.42. The number of hydrogen-bond donors (Lipinski definition) is 1.